The molecule has 0 saturated carbocycles. The van der Waals surface area contributed by atoms with Crippen molar-refractivity contribution in [1.29, 1.82) is 0 Å². The summed E-state index contributed by atoms with van der Waals surface area (Å²) in [4.78, 5) is 15.2. The van der Waals surface area contributed by atoms with E-state index in [1.54, 1.807) is 6.92 Å². The van der Waals surface area contributed by atoms with E-state index in [0.717, 1.165) is 0 Å². The van der Waals surface area contributed by atoms with Gasteiger partial charge in [-0.1, -0.05) is 0 Å². The Kier molecular flexibility index (Phi) is 3.71. The van der Waals surface area contributed by atoms with Crippen LogP contribution in [0.4, 0.5) is 10.3 Å². The van der Waals surface area contributed by atoms with Gasteiger partial charge in [-0.05, 0) is 19.1 Å². The molecule has 0 unspecified atom stereocenters. The highest BCUT2D eigenvalue weighted by molar-refractivity contribution is 5.69. The number of fused-ring (bicyclic) bond motifs is 1. The third kappa shape index (κ3) is 2.93. The van der Waals surface area contributed by atoms with Gasteiger partial charge in [-0.3, -0.25) is 4.79 Å². The Morgan fingerprint density at radius 1 is 1.56 bits per heavy atom. The summed E-state index contributed by atoms with van der Waals surface area (Å²) in [5.74, 6) is -0.310. The van der Waals surface area contributed by atoms with E-state index < -0.39 is 0 Å². The van der Waals surface area contributed by atoms with Crippen molar-refractivity contribution >= 4 is 17.6 Å². The SMILES string of the molecule is CCOC(=O)CCNc1nc2ccc(F)cn2n1. The van der Waals surface area contributed by atoms with Gasteiger partial charge < -0.3 is 10.1 Å². The lowest BCUT2D eigenvalue weighted by atomic mass is 10.4. The van der Waals surface area contributed by atoms with Crippen molar-refractivity contribution in [2.75, 3.05) is 18.5 Å². The van der Waals surface area contributed by atoms with E-state index in [0.29, 0.717) is 24.7 Å². The molecule has 2 rings (SSSR count). The molecule has 0 fully saturated rings. The van der Waals surface area contributed by atoms with Crippen LogP contribution in [0.2, 0.25) is 0 Å². The van der Waals surface area contributed by atoms with Crippen molar-refractivity contribution in [2.24, 2.45) is 0 Å². The number of carbonyl (C=O) groups is 1. The van der Waals surface area contributed by atoms with Crippen molar-refractivity contribution in [3.05, 3.63) is 24.1 Å². The summed E-state index contributed by atoms with van der Waals surface area (Å²) in [5, 5.41) is 6.90. The summed E-state index contributed by atoms with van der Waals surface area (Å²) < 4.78 is 19.0. The first kappa shape index (κ1) is 12.3. The molecule has 1 N–H and O–H groups in total. The molecule has 7 heteroatoms. The Bertz CT molecular complexity index is 555. The van der Waals surface area contributed by atoms with E-state index >= 15 is 0 Å². The van der Waals surface area contributed by atoms with E-state index in [4.69, 9.17) is 4.74 Å². The second kappa shape index (κ2) is 5.44. The summed E-state index contributed by atoms with van der Waals surface area (Å²) in [6, 6.07) is 2.84. The van der Waals surface area contributed by atoms with E-state index in [-0.39, 0.29) is 18.2 Å². The van der Waals surface area contributed by atoms with Crippen molar-refractivity contribution in [3.63, 3.8) is 0 Å². The molecule has 0 amide bonds. The van der Waals surface area contributed by atoms with Crippen LogP contribution in [0.5, 0.6) is 0 Å². The molecule has 96 valence electrons. The minimum atomic E-state index is -0.384. The van der Waals surface area contributed by atoms with Crippen molar-refractivity contribution < 1.29 is 13.9 Å². The van der Waals surface area contributed by atoms with E-state index in [1.165, 1.54) is 22.8 Å². The molecule has 0 aliphatic carbocycles. The fourth-order valence-corrected chi connectivity index (χ4v) is 1.44. The van der Waals surface area contributed by atoms with E-state index in [2.05, 4.69) is 15.4 Å². The zero-order valence-electron chi connectivity index (χ0n) is 9.89. The third-order valence-corrected chi connectivity index (χ3v) is 2.21. The summed E-state index contributed by atoms with van der Waals surface area (Å²) in [5.41, 5.74) is 0.537. The fraction of sp³-hybridized carbons (Fsp3) is 0.364. The summed E-state index contributed by atoms with van der Waals surface area (Å²) in [6.45, 7) is 2.49. The van der Waals surface area contributed by atoms with Crippen LogP contribution in [0.3, 0.4) is 0 Å². The molecule has 0 saturated heterocycles. The van der Waals surface area contributed by atoms with Gasteiger partial charge in [0.1, 0.15) is 5.82 Å². The smallest absolute Gasteiger partial charge is 0.307 e. The van der Waals surface area contributed by atoms with Gasteiger partial charge in [0.25, 0.3) is 0 Å². The molecular formula is C11H13FN4O2. The lowest BCUT2D eigenvalue weighted by Crippen LogP contribution is -2.12. The third-order valence-electron chi connectivity index (χ3n) is 2.21. The van der Waals surface area contributed by atoms with Gasteiger partial charge in [0, 0.05) is 6.54 Å². The number of hydrogen-bond donors (Lipinski definition) is 1. The predicted octanol–water partition coefficient (Wildman–Crippen LogP) is 1.23. The fourth-order valence-electron chi connectivity index (χ4n) is 1.44. The number of pyridine rings is 1. The van der Waals surface area contributed by atoms with Crippen LogP contribution >= 0.6 is 0 Å². The Morgan fingerprint density at radius 2 is 2.39 bits per heavy atom. The number of carbonyl (C=O) groups excluding carboxylic acids is 1. The number of nitrogens with zero attached hydrogens (tertiary/aromatic N) is 3. The average Bonchev–Trinajstić information content (AvgIpc) is 2.71. The molecular weight excluding hydrogens is 239 g/mol. The van der Waals surface area contributed by atoms with E-state index in [9.17, 15) is 9.18 Å². The second-order valence-electron chi connectivity index (χ2n) is 3.57. The Labute approximate surface area is 103 Å². The number of ether oxygens (including phenoxy) is 1. The van der Waals surface area contributed by atoms with Gasteiger partial charge in [0.05, 0.1) is 19.2 Å². The Hall–Kier alpha value is -2.18. The summed E-state index contributed by atoms with van der Waals surface area (Å²) in [6.07, 6.45) is 1.47. The van der Waals surface area contributed by atoms with Crippen molar-refractivity contribution in [2.45, 2.75) is 13.3 Å². The number of nitrogens with one attached hydrogen (secondary N) is 1. The molecule has 2 aromatic rings. The van der Waals surface area contributed by atoms with Crippen LogP contribution in [0, 0.1) is 5.82 Å². The standard InChI is InChI=1S/C11H13FN4O2/c1-2-18-10(17)5-6-13-11-14-9-4-3-8(12)7-16(9)15-11/h3-4,7H,2,5-6H2,1H3,(H,13,15). The zero-order chi connectivity index (χ0) is 13.0. The van der Waals surface area contributed by atoms with Gasteiger partial charge in [-0.15, -0.1) is 5.10 Å². The molecule has 0 aliphatic rings. The first-order valence-corrected chi connectivity index (χ1v) is 5.60. The zero-order valence-corrected chi connectivity index (χ0v) is 9.89. The molecule has 6 nitrogen and oxygen atoms in total. The van der Waals surface area contributed by atoms with Crippen molar-refractivity contribution in [1.82, 2.24) is 14.6 Å². The molecule has 0 atom stereocenters. The molecule has 0 radical (unpaired) electrons. The lowest BCUT2D eigenvalue weighted by molar-refractivity contribution is -0.142. The maximum atomic E-state index is 12.9. The molecule has 0 aromatic carbocycles. The van der Waals surface area contributed by atoms with Gasteiger partial charge in [-0.25, -0.2) is 8.91 Å². The number of halogens is 1. The first-order valence-electron chi connectivity index (χ1n) is 5.60. The molecule has 2 heterocycles. The Balaban J connectivity index is 1.94. The second-order valence-corrected chi connectivity index (χ2v) is 3.57. The number of hydrogen-bond acceptors (Lipinski definition) is 5. The Morgan fingerprint density at radius 3 is 3.17 bits per heavy atom. The maximum absolute atomic E-state index is 12.9. The quantitative estimate of drug-likeness (QED) is 0.811. The number of aromatic nitrogens is 3. The summed E-state index contributed by atoms with van der Waals surface area (Å²) in [7, 11) is 0. The van der Waals surface area contributed by atoms with Crippen LogP contribution in [0.25, 0.3) is 5.65 Å². The number of anilines is 1. The molecule has 0 bridgehead atoms. The van der Waals surface area contributed by atoms with Gasteiger partial charge in [-0.2, -0.15) is 4.98 Å². The first-order chi connectivity index (χ1) is 8.69. The minimum Gasteiger partial charge on any atom is -0.466 e. The predicted molar refractivity (Wildman–Crippen MR) is 62.7 cm³/mol. The molecule has 18 heavy (non-hydrogen) atoms. The van der Waals surface area contributed by atoms with E-state index in [1.807, 2.05) is 0 Å². The minimum absolute atomic E-state index is 0.234. The largest absolute Gasteiger partial charge is 0.466 e. The van der Waals surface area contributed by atoms with Crippen molar-refractivity contribution in [3.8, 4) is 0 Å². The topological polar surface area (TPSA) is 68.5 Å². The highest BCUT2D eigenvalue weighted by atomic mass is 19.1. The summed E-state index contributed by atoms with van der Waals surface area (Å²) >= 11 is 0. The molecule has 2 aromatic heterocycles. The van der Waals surface area contributed by atoms with Crippen LogP contribution < -0.4 is 5.32 Å². The highest BCUT2D eigenvalue weighted by Crippen LogP contribution is 2.06. The van der Waals surface area contributed by atoms with Gasteiger partial charge in [0.15, 0.2) is 5.65 Å². The average molecular weight is 252 g/mol. The van der Waals surface area contributed by atoms with Crippen LogP contribution in [-0.4, -0.2) is 33.7 Å². The molecule has 0 aliphatic heterocycles. The van der Waals surface area contributed by atoms with Crippen LogP contribution in [0.1, 0.15) is 13.3 Å². The number of esters is 1. The normalized spacial score (nSPS) is 10.6. The van der Waals surface area contributed by atoms with Gasteiger partial charge >= 0.3 is 5.97 Å². The highest BCUT2D eigenvalue weighted by Gasteiger charge is 2.05. The van der Waals surface area contributed by atoms with Gasteiger partial charge in [0.2, 0.25) is 5.95 Å². The lowest BCUT2D eigenvalue weighted by Gasteiger charge is -2.01. The molecule has 0 spiro atoms. The van der Waals surface area contributed by atoms with Crippen LogP contribution in [0.15, 0.2) is 18.3 Å². The number of rotatable bonds is 5. The maximum Gasteiger partial charge on any atom is 0.307 e. The monoisotopic (exact) mass is 252 g/mol. The van der Waals surface area contributed by atoms with Crippen LogP contribution in [-0.2, 0) is 9.53 Å².